The van der Waals surface area contributed by atoms with Crippen molar-refractivity contribution in [2.45, 2.75) is 13.0 Å². The van der Waals surface area contributed by atoms with Gasteiger partial charge in [0, 0.05) is 20.2 Å². The van der Waals surface area contributed by atoms with E-state index in [-0.39, 0.29) is 30.7 Å². The Morgan fingerprint density at radius 1 is 0.900 bits per heavy atom. The fourth-order valence-electron chi connectivity index (χ4n) is 3.06. The maximum absolute atomic E-state index is 13.2. The predicted octanol–water partition coefficient (Wildman–Crippen LogP) is 3.23. The van der Waals surface area contributed by atoms with Crippen LogP contribution in [0.1, 0.15) is 21.9 Å². The zero-order chi connectivity index (χ0) is 21.2. The van der Waals surface area contributed by atoms with Gasteiger partial charge in [-0.1, -0.05) is 30.3 Å². The van der Waals surface area contributed by atoms with Gasteiger partial charge in [0.1, 0.15) is 12.3 Å². The number of methoxy groups -OCH3 is 1. The van der Waals surface area contributed by atoms with E-state index in [0.717, 1.165) is 5.56 Å². The number of furan rings is 2. The van der Waals surface area contributed by atoms with Gasteiger partial charge in [0.15, 0.2) is 5.76 Å². The summed E-state index contributed by atoms with van der Waals surface area (Å²) in [6.07, 6.45) is 3.73. The Morgan fingerprint density at radius 2 is 1.67 bits per heavy atom. The highest BCUT2D eigenvalue weighted by Gasteiger charge is 2.24. The van der Waals surface area contributed by atoms with Gasteiger partial charge >= 0.3 is 0 Å². The van der Waals surface area contributed by atoms with Crippen molar-refractivity contribution >= 4 is 11.8 Å². The standard InChI is InChI=1S/C23H26N2O5/c1-28-16-13-25(23(27)21-10-6-15-30-21)18-22(26)24(17-20-9-5-14-29-20)12-11-19-7-3-2-4-8-19/h2-10,14-15H,11-13,16-18H2,1H3. The van der Waals surface area contributed by atoms with Crippen molar-refractivity contribution in [1.82, 2.24) is 9.80 Å². The number of carbonyl (C=O) groups is 2. The number of benzene rings is 1. The van der Waals surface area contributed by atoms with Gasteiger partial charge in [-0.15, -0.1) is 0 Å². The number of ether oxygens (including phenoxy) is 1. The van der Waals surface area contributed by atoms with Crippen LogP contribution in [0.2, 0.25) is 0 Å². The molecule has 7 nitrogen and oxygen atoms in total. The summed E-state index contributed by atoms with van der Waals surface area (Å²) in [6.45, 7) is 1.39. The maximum atomic E-state index is 13.2. The smallest absolute Gasteiger partial charge is 0.290 e. The van der Waals surface area contributed by atoms with Crippen LogP contribution >= 0.6 is 0 Å². The average molecular weight is 410 g/mol. The van der Waals surface area contributed by atoms with Gasteiger partial charge < -0.3 is 23.4 Å². The molecule has 0 N–H and O–H groups in total. The summed E-state index contributed by atoms with van der Waals surface area (Å²) >= 11 is 0. The van der Waals surface area contributed by atoms with Crippen molar-refractivity contribution in [3.8, 4) is 0 Å². The molecule has 0 unspecified atom stereocenters. The number of rotatable bonds is 11. The Morgan fingerprint density at radius 3 is 2.33 bits per heavy atom. The van der Waals surface area contributed by atoms with Gasteiger partial charge in [0.05, 0.1) is 25.7 Å². The molecule has 7 heteroatoms. The van der Waals surface area contributed by atoms with Gasteiger partial charge in [0.25, 0.3) is 5.91 Å². The topological polar surface area (TPSA) is 76.1 Å². The molecule has 2 heterocycles. The molecule has 0 radical (unpaired) electrons. The Labute approximate surface area is 175 Å². The van der Waals surface area contributed by atoms with Gasteiger partial charge in [-0.2, -0.15) is 0 Å². The first kappa shape index (κ1) is 21.4. The van der Waals surface area contributed by atoms with Crippen molar-refractivity contribution in [3.63, 3.8) is 0 Å². The fraction of sp³-hybridized carbons (Fsp3) is 0.304. The zero-order valence-corrected chi connectivity index (χ0v) is 17.0. The molecule has 0 atom stereocenters. The Kier molecular flexibility index (Phi) is 7.86. The van der Waals surface area contributed by atoms with E-state index in [1.165, 1.54) is 11.2 Å². The quantitative estimate of drug-likeness (QED) is 0.485. The molecule has 3 aromatic rings. The fourth-order valence-corrected chi connectivity index (χ4v) is 3.06. The van der Waals surface area contributed by atoms with Gasteiger partial charge in [-0.25, -0.2) is 0 Å². The molecule has 0 fully saturated rings. The van der Waals surface area contributed by atoms with Crippen molar-refractivity contribution in [3.05, 3.63) is 84.2 Å². The second-order valence-corrected chi connectivity index (χ2v) is 6.83. The minimum atomic E-state index is -0.341. The molecule has 0 aliphatic carbocycles. The molecule has 0 bridgehead atoms. The molecule has 0 aliphatic rings. The van der Waals surface area contributed by atoms with E-state index in [2.05, 4.69) is 0 Å². The molecule has 0 saturated heterocycles. The molecule has 2 aromatic heterocycles. The average Bonchev–Trinajstić information content (AvgIpc) is 3.48. The first-order chi connectivity index (χ1) is 14.7. The molecular weight excluding hydrogens is 384 g/mol. The van der Waals surface area contributed by atoms with E-state index in [1.54, 1.807) is 36.5 Å². The summed E-state index contributed by atoms with van der Waals surface area (Å²) in [7, 11) is 1.56. The normalized spacial score (nSPS) is 10.7. The summed E-state index contributed by atoms with van der Waals surface area (Å²) in [4.78, 5) is 29.1. The van der Waals surface area contributed by atoms with Crippen LogP contribution in [0.25, 0.3) is 0 Å². The summed E-state index contributed by atoms with van der Waals surface area (Å²) in [6, 6.07) is 16.8. The minimum absolute atomic E-state index is 0.0710. The first-order valence-electron chi connectivity index (χ1n) is 9.83. The van der Waals surface area contributed by atoms with E-state index >= 15 is 0 Å². The van der Waals surface area contributed by atoms with Crippen LogP contribution in [0, 0.1) is 0 Å². The maximum Gasteiger partial charge on any atom is 0.290 e. The second kappa shape index (κ2) is 11.0. The van der Waals surface area contributed by atoms with Crippen molar-refractivity contribution < 1.29 is 23.2 Å². The predicted molar refractivity (Wildman–Crippen MR) is 111 cm³/mol. The van der Waals surface area contributed by atoms with E-state index in [9.17, 15) is 9.59 Å². The molecule has 0 spiro atoms. The first-order valence-corrected chi connectivity index (χ1v) is 9.83. The number of nitrogens with zero attached hydrogens (tertiary/aromatic N) is 2. The summed E-state index contributed by atoms with van der Waals surface area (Å²) in [5.41, 5.74) is 1.14. The van der Waals surface area contributed by atoms with Crippen molar-refractivity contribution in [2.24, 2.45) is 0 Å². The molecule has 0 saturated carbocycles. The number of carbonyl (C=O) groups excluding carboxylic acids is 2. The lowest BCUT2D eigenvalue weighted by atomic mass is 10.1. The molecule has 1 aromatic carbocycles. The van der Waals surface area contributed by atoms with Gasteiger partial charge in [0.2, 0.25) is 5.91 Å². The number of hydrogen-bond donors (Lipinski definition) is 0. The van der Waals surface area contributed by atoms with E-state index < -0.39 is 0 Å². The monoisotopic (exact) mass is 410 g/mol. The number of hydrogen-bond acceptors (Lipinski definition) is 5. The van der Waals surface area contributed by atoms with Crippen LogP contribution in [0.3, 0.4) is 0 Å². The molecule has 2 amide bonds. The van der Waals surface area contributed by atoms with Crippen LogP contribution in [0.15, 0.2) is 76.0 Å². The van der Waals surface area contributed by atoms with E-state index in [1.807, 2.05) is 36.4 Å². The molecule has 30 heavy (non-hydrogen) atoms. The zero-order valence-electron chi connectivity index (χ0n) is 17.0. The largest absolute Gasteiger partial charge is 0.467 e. The molecule has 3 rings (SSSR count). The van der Waals surface area contributed by atoms with Crippen molar-refractivity contribution in [2.75, 3.05) is 33.4 Å². The van der Waals surface area contributed by atoms with Crippen LogP contribution in [0.5, 0.6) is 0 Å². The summed E-state index contributed by atoms with van der Waals surface area (Å²) in [5.74, 6) is 0.378. The molecule has 158 valence electrons. The van der Waals surface area contributed by atoms with E-state index in [4.69, 9.17) is 13.6 Å². The Hall–Kier alpha value is -3.32. The van der Waals surface area contributed by atoms with E-state index in [0.29, 0.717) is 31.9 Å². The second-order valence-electron chi connectivity index (χ2n) is 6.83. The Bertz CT molecular complexity index is 891. The molecular formula is C23H26N2O5. The van der Waals surface area contributed by atoms with Crippen LogP contribution < -0.4 is 0 Å². The third-order valence-electron chi connectivity index (χ3n) is 4.70. The summed E-state index contributed by atoms with van der Waals surface area (Å²) < 4.78 is 15.8. The number of amides is 2. The minimum Gasteiger partial charge on any atom is -0.467 e. The van der Waals surface area contributed by atoms with Crippen LogP contribution in [0.4, 0.5) is 0 Å². The van der Waals surface area contributed by atoms with Crippen LogP contribution in [-0.2, 0) is 22.5 Å². The highest BCUT2D eigenvalue weighted by molar-refractivity contribution is 5.94. The summed E-state index contributed by atoms with van der Waals surface area (Å²) in [5, 5.41) is 0. The highest BCUT2D eigenvalue weighted by Crippen LogP contribution is 2.11. The van der Waals surface area contributed by atoms with Crippen molar-refractivity contribution in [1.29, 1.82) is 0 Å². The lowest BCUT2D eigenvalue weighted by Gasteiger charge is -2.27. The van der Waals surface area contributed by atoms with Crippen LogP contribution in [-0.4, -0.2) is 55.0 Å². The lowest BCUT2D eigenvalue weighted by Crippen LogP contribution is -2.44. The Balaban J connectivity index is 1.70. The van der Waals surface area contributed by atoms with Gasteiger partial charge in [-0.05, 0) is 36.2 Å². The molecule has 0 aliphatic heterocycles. The van der Waals surface area contributed by atoms with Gasteiger partial charge in [-0.3, -0.25) is 9.59 Å². The third-order valence-corrected chi connectivity index (χ3v) is 4.70. The lowest BCUT2D eigenvalue weighted by molar-refractivity contribution is -0.132. The highest BCUT2D eigenvalue weighted by atomic mass is 16.5. The third kappa shape index (κ3) is 6.09. The SMILES string of the molecule is COCCN(CC(=O)N(CCc1ccccc1)Cc1ccco1)C(=O)c1ccco1.